The summed E-state index contributed by atoms with van der Waals surface area (Å²) in [7, 11) is 0. The van der Waals surface area contributed by atoms with Gasteiger partial charge in [-0.1, -0.05) is 50.8 Å². The van der Waals surface area contributed by atoms with Crippen LogP contribution < -0.4 is 0 Å². The number of aryl methyl sites for hydroxylation is 1. The van der Waals surface area contributed by atoms with E-state index in [1.807, 2.05) is 25.1 Å². The number of rotatable bonds is 8. The van der Waals surface area contributed by atoms with E-state index in [9.17, 15) is 4.79 Å². The van der Waals surface area contributed by atoms with E-state index in [0.29, 0.717) is 12.2 Å². The van der Waals surface area contributed by atoms with Gasteiger partial charge in [-0.25, -0.2) is 4.79 Å². The van der Waals surface area contributed by atoms with Gasteiger partial charge in [0.2, 0.25) is 0 Å². The Balaban J connectivity index is 2.16. The standard InChI is InChI=1S/C15H22O3/c1-3-4-5-6-9-12-17-18-15(16)14-11-8-7-10-13(14)2/h7-8,10-11H,3-6,9,12H2,1-2H3. The van der Waals surface area contributed by atoms with Crippen LogP contribution in [0.5, 0.6) is 0 Å². The Morgan fingerprint density at radius 3 is 2.56 bits per heavy atom. The van der Waals surface area contributed by atoms with Gasteiger partial charge in [-0.3, -0.25) is 4.89 Å². The minimum atomic E-state index is -0.415. The Bertz CT molecular complexity index is 361. The van der Waals surface area contributed by atoms with Crippen molar-refractivity contribution in [2.75, 3.05) is 6.61 Å². The van der Waals surface area contributed by atoms with Gasteiger partial charge >= 0.3 is 5.97 Å². The van der Waals surface area contributed by atoms with Gasteiger partial charge in [-0.15, -0.1) is 0 Å². The molecule has 0 heterocycles. The molecule has 0 spiro atoms. The van der Waals surface area contributed by atoms with Crippen molar-refractivity contribution in [3.05, 3.63) is 35.4 Å². The fourth-order valence-electron chi connectivity index (χ4n) is 1.71. The summed E-state index contributed by atoms with van der Waals surface area (Å²) >= 11 is 0. The molecule has 3 heteroatoms. The summed E-state index contributed by atoms with van der Waals surface area (Å²) in [6.07, 6.45) is 5.74. The summed E-state index contributed by atoms with van der Waals surface area (Å²) in [5.74, 6) is -0.415. The zero-order chi connectivity index (χ0) is 13.2. The van der Waals surface area contributed by atoms with Crippen LogP contribution in [0.3, 0.4) is 0 Å². The molecule has 0 radical (unpaired) electrons. The Hall–Kier alpha value is -1.35. The minimum Gasteiger partial charge on any atom is -0.293 e. The van der Waals surface area contributed by atoms with Gasteiger partial charge < -0.3 is 0 Å². The predicted molar refractivity (Wildman–Crippen MR) is 71.3 cm³/mol. The summed E-state index contributed by atoms with van der Waals surface area (Å²) < 4.78 is 0. The van der Waals surface area contributed by atoms with Gasteiger partial charge in [0.05, 0.1) is 12.2 Å². The lowest BCUT2D eigenvalue weighted by molar-refractivity contribution is -0.241. The lowest BCUT2D eigenvalue weighted by Gasteiger charge is -2.05. The fourth-order valence-corrected chi connectivity index (χ4v) is 1.71. The highest BCUT2D eigenvalue weighted by molar-refractivity contribution is 5.90. The van der Waals surface area contributed by atoms with E-state index in [2.05, 4.69) is 6.92 Å². The molecule has 0 N–H and O–H groups in total. The third kappa shape index (κ3) is 5.32. The number of hydrogen-bond donors (Lipinski definition) is 0. The Kier molecular flexibility index (Phi) is 7.11. The molecule has 18 heavy (non-hydrogen) atoms. The molecule has 1 rings (SSSR count). The lowest BCUT2D eigenvalue weighted by atomic mass is 10.1. The molecule has 0 aliphatic heterocycles. The zero-order valence-corrected chi connectivity index (χ0v) is 11.3. The highest BCUT2D eigenvalue weighted by Gasteiger charge is 2.10. The number of carbonyl (C=O) groups is 1. The van der Waals surface area contributed by atoms with E-state index in [4.69, 9.17) is 9.78 Å². The average Bonchev–Trinajstić information content (AvgIpc) is 2.38. The number of unbranched alkanes of at least 4 members (excludes halogenated alkanes) is 4. The molecule has 1 aromatic carbocycles. The highest BCUT2D eigenvalue weighted by Crippen LogP contribution is 2.09. The first-order valence-corrected chi connectivity index (χ1v) is 6.65. The molecule has 0 aromatic heterocycles. The molecule has 0 atom stereocenters. The van der Waals surface area contributed by atoms with Crippen molar-refractivity contribution in [1.82, 2.24) is 0 Å². The molecule has 0 aliphatic carbocycles. The van der Waals surface area contributed by atoms with Crippen LogP contribution in [0.2, 0.25) is 0 Å². The van der Waals surface area contributed by atoms with Gasteiger partial charge in [0.25, 0.3) is 0 Å². The maximum atomic E-state index is 11.7. The van der Waals surface area contributed by atoms with Crippen LogP contribution >= 0.6 is 0 Å². The van der Waals surface area contributed by atoms with Crippen molar-refractivity contribution in [1.29, 1.82) is 0 Å². The normalized spacial score (nSPS) is 10.3. The monoisotopic (exact) mass is 250 g/mol. The molecule has 0 saturated heterocycles. The summed E-state index contributed by atoms with van der Waals surface area (Å²) in [5.41, 5.74) is 1.46. The van der Waals surface area contributed by atoms with E-state index in [0.717, 1.165) is 18.4 Å². The van der Waals surface area contributed by atoms with E-state index >= 15 is 0 Å². The van der Waals surface area contributed by atoms with Gasteiger partial charge in [0.15, 0.2) is 0 Å². The summed E-state index contributed by atoms with van der Waals surface area (Å²) in [4.78, 5) is 21.4. The van der Waals surface area contributed by atoms with Crippen molar-refractivity contribution in [2.24, 2.45) is 0 Å². The van der Waals surface area contributed by atoms with Crippen LogP contribution in [-0.2, 0) is 9.78 Å². The average molecular weight is 250 g/mol. The topological polar surface area (TPSA) is 35.5 Å². The van der Waals surface area contributed by atoms with Crippen molar-refractivity contribution < 1.29 is 14.6 Å². The first kappa shape index (κ1) is 14.7. The largest absolute Gasteiger partial charge is 0.373 e. The van der Waals surface area contributed by atoms with Crippen molar-refractivity contribution in [3.63, 3.8) is 0 Å². The molecule has 0 unspecified atom stereocenters. The van der Waals surface area contributed by atoms with E-state index < -0.39 is 5.97 Å². The van der Waals surface area contributed by atoms with Gasteiger partial charge in [-0.2, -0.15) is 4.89 Å². The molecule has 3 nitrogen and oxygen atoms in total. The van der Waals surface area contributed by atoms with Crippen LogP contribution in [0.1, 0.15) is 54.9 Å². The third-order valence-corrected chi connectivity index (χ3v) is 2.83. The molecule has 100 valence electrons. The molecule has 0 bridgehead atoms. The van der Waals surface area contributed by atoms with Crippen LogP contribution in [0.15, 0.2) is 24.3 Å². The second-order valence-electron chi connectivity index (χ2n) is 4.42. The van der Waals surface area contributed by atoms with Crippen LogP contribution in [0, 0.1) is 6.92 Å². The van der Waals surface area contributed by atoms with Crippen LogP contribution in [-0.4, -0.2) is 12.6 Å². The summed E-state index contributed by atoms with van der Waals surface area (Å²) in [6, 6.07) is 7.32. The second-order valence-corrected chi connectivity index (χ2v) is 4.42. The molecule has 0 amide bonds. The lowest BCUT2D eigenvalue weighted by Crippen LogP contribution is -2.08. The van der Waals surface area contributed by atoms with Crippen molar-refractivity contribution in [3.8, 4) is 0 Å². The van der Waals surface area contributed by atoms with Crippen LogP contribution in [0.25, 0.3) is 0 Å². The summed E-state index contributed by atoms with van der Waals surface area (Å²) in [5, 5.41) is 0. The number of carbonyl (C=O) groups excluding carboxylic acids is 1. The van der Waals surface area contributed by atoms with E-state index in [1.165, 1.54) is 19.3 Å². The van der Waals surface area contributed by atoms with Crippen molar-refractivity contribution in [2.45, 2.75) is 46.0 Å². The number of benzene rings is 1. The molecular formula is C15H22O3. The van der Waals surface area contributed by atoms with E-state index in [-0.39, 0.29) is 0 Å². The molecule has 1 aromatic rings. The third-order valence-electron chi connectivity index (χ3n) is 2.83. The predicted octanol–water partition coefficient (Wildman–Crippen LogP) is 4.05. The summed E-state index contributed by atoms with van der Waals surface area (Å²) in [6.45, 7) is 4.53. The quantitative estimate of drug-likeness (QED) is 0.396. The second kappa shape index (κ2) is 8.70. The molecular weight excluding hydrogens is 228 g/mol. The smallest absolute Gasteiger partial charge is 0.293 e. The first-order chi connectivity index (χ1) is 8.75. The maximum absolute atomic E-state index is 11.7. The molecule has 0 saturated carbocycles. The Labute approximate surface area is 109 Å². The highest BCUT2D eigenvalue weighted by atomic mass is 17.2. The first-order valence-electron chi connectivity index (χ1n) is 6.65. The number of hydrogen-bond acceptors (Lipinski definition) is 3. The SMILES string of the molecule is CCCCCCCOOC(=O)c1ccccc1C. The molecule has 0 fully saturated rings. The fraction of sp³-hybridized carbons (Fsp3) is 0.533. The van der Waals surface area contributed by atoms with Gasteiger partial charge in [0, 0.05) is 0 Å². The van der Waals surface area contributed by atoms with Crippen LogP contribution in [0.4, 0.5) is 0 Å². The van der Waals surface area contributed by atoms with Gasteiger partial charge in [-0.05, 0) is 25.0 Å². The van der Waals surface area contributed by atoms with Crippen molar-refractivity contribution >= 4 is 5.97 Å². The Morgan fingerprint density at radius 2 is 1.83 bits per heavy atom. The Morgan fingerprint density at radius 1 is 1.11 bits per heavy atom. The van der Waals surface area contributed by atoms with Gasteiger partial charge in [0.1, 0.15) is 0 Å². The molecule has 0 aliphatic rings. The van der Waals surface area contributed by atoms with E-state index in [1.54, 1.807) is 6.07 Å². The zero-order valence-electron chi connectivity index (χ0n) is 11.3. The minimum absolute atomic E-state index is 0.415. The maximum Gasteiger partial charge on any atom is 0.373 e.